The molecule has 0 unspecified atom stereocenters. The normalized spacial score (nSPS) is 15.8. The summed E-state index contributed by atoms with van der Waals surface area (Å²) in [4.78, 5) is 9.94. The number of imidazole rings is 1. The van der Waals surface area contributed by atoms with Gasteiger partial charge in [-0.15, -0.1) is 0 Å². The molecule has 7 heteroatoms. The van der Waals surface area contributed by atoms with Crippen LogP contribution in [-0.4, -0.2) is 43.3 Å². The van der Waals surface area contributed by atoms with E-state index in [4.69, 9.17) is 0 Å². The molecule has 3 aromatic rings. The number of nitrogens with zero attached hydrogens (tertiary/aromatic N) is 6. The fourth-order valence-electron chi connectivity index (χ4n) is 3.42. The summed E-state index contributed by atoms with van der Waals surface area (Å²) < 4.78 is 1.88. The standard InChI is InChI=1S/C17H21N7/c1-13-16(19-12-18-13)15-7-9-23(10-8-15)17-20-21-22-24(17)11-14-5-3-2-4-6-14/h2-6,12,15H,7-11H2,1H3,(H,18,19). The molecule has 1 saturated heterocycles. The van der Waals surface area contributed by atoms with Crippen LogP contribution in [0.25, 0.3) is 0 Å². The van der Waals surface area contributed by atoms with Crippen LogP contribution in [0.15, 0.2) is 36.7 Å². The molecule has 0 radical (unpaired) electrons. The van der Waals surface area contributed by atoms with Crippen LogP contribution in [0.2, 0.25) is 0 Å². The van der Waals surface area contributed by atoms with Crippen molar-refractivity contribution in [1.29, 1.82) is 0 Å². The van der Waals surface area contributed by atoms with Gasteiger partial charge in [-0.3, -0.25) is 0 Å². The van der Waals surface area contributed by atoms with Crippen LogP contribution < -0.4 is 4.90 Å². The number of piperidine rings is 1. The highest BCUT2D eigenvalue weighted by atomic mass is 15.6. The van der Waals surface area contributed by atoms with E-state index >= 15 is 0 Å². The minimum atomic E-state index is 0.519. The van der Waals surface area contributed by atoms with Gasteiger partial charge in [-0.05, 0) is 35.8 Å². The second-order valence-electron chi connectivity index (χ2n) is 6.30. The zero-order valence-electron chi connectivity index (χ0n) is 13.8. The summed E-state index contributed by atoms with van der Waals surface area (Å²) in [6.07, 6.45) is 3.94. The van der Waals surface area contributed by atoms with E-state index in [1.54, 1.807) is 6.33 Å². The molecule has 0 bridgehead atoms. The van der Waals surface area contributed by atoms with Crippen molar-refractivity contribution in [2.24, 2.45) is 0 Å². The molecule has 0 aliphatic carbocycles. The Morgan fingerprint density at radius 1 is 1.17 bits per heavy atom. The van der Waals surface area contributed by atoms with Gasteiger partial charge in [0.2, 0.25) is 5.95 Å². The number of benzene rings is 1. The van der Waals surface area contributed by atoms with Gasteiger partial charge in [-0.25, -0.2) is 9.67 Å². The van der Waals surface area contributed by atoms with Crippen LogP contribution in [0.1, 0.15) is 35.7 Å². The van der Waals surface area contributed by atoms with E-state index in [1.807, 2.05) is 22.9 Å². The molecular weight excluding hydrogens is 302 g/mol. The third-order valence-corrected chi connectivity index (χ3v) is 4.72. The maximum atomic E-state index is 4.48. The lowest BCUT2D eigenvalue weighted by molar-refractivity contribution is 0.482. The molecule has 124 valence electrons. The molecule has 24 heavy (non-hydrogen) atoms. The highest BCUT2D eigenvalue weighted by Crippen LogP contribution is 2.29. The van der Waals surface area contributed by atoms with Crippen molar-refractivity contribution in [2.45, 2.75) is 32.2 Å². The summed E-state index contributed by atoms with van der Waals surface area (Å²) in [6, 6.07) is 10.3. The minimum Gasteiger partial charge on any atom is -0.348 e. The van der Waals surface area contributed by atoms with E-state index in [-0.39, 0.29) is 0 Å². The number of anilines is 1. The lowest BCUT2D eigenvalue weighted by atomic mass is 9.93. The third-order valence-electron chi connectivity index (χ3n) is 4.72. The molecule has 3 heterocycles. The number of hydrogen-bond acceptors (Lipinski definition) is 5. The van der Waals surface area contributed by atoms with E-state index in [0.29, 0.717) is 12.5 Å². The molecule has 0 spiro atoms. The van der Waals surface area contributed by atoms with Crippen LogP contribution >= 0.6 is 0 Å². The zero-order chi connectivity index (χ0) is 16.4. The fraction of sp³-hybridized carbons (Fsp3) is 0.412. The van der Waals surface area contributed by atoms with E-state index in [1.165, 1.54) is 17.0 Å². The maximum absolute atomic E-state index is 4.48. The molecule has 4 rings (SSSR count). The molecule has 1 aromatic carbocycles. The number of aromatic nitrogens is 6. The lowest BCUT2D eigenvalue weighted by Gasteiger charge is -2.31. The average molecular weight is 323 g/mol. The summed E-state index contributed by atoms with van der Waals surface area (Å²) in [6.45, 7) is 4.69. The topological polar surface area (TPSA) is 75.5 Å². The molecule has 1 N–H and O–H groups in total. The Kier molecular flexibility index (Phi) is 3.98. The Bertz CT molecular complexity index is 784. The minimum absolute atomic E-state index is 0.519. The molecule has 1 aliphatic rings. The largest absolute Gasteiger partial charge is 0.348 e. The van der Waals surface area contributed by atoms with Crippen LogP contribution in [0.3, 0.4) is 0 Å². The van der Waals surface area contributed by atoms with Gasteiger partial charge in [0.05, 0.1) is 18.6 Å². The molecular formula is C17H21N7. The van der Waals surface area contributed by atoms with E-state index in [9.17, 15) is 0 Å². The number of hydrogen-bond donors (Lipinski definition) is 1. The number of aromatic amines is 1. The zero-order valence-corrected chi connectivity index (χ0v) is 13.8. The van der Waals surface area contributed by atoms with Crippen molar-refractivity contribution < 1.29 is 0 Å². The Labute approximate surface area is 140 Å². The molecule has 1 fully saturated rings. The fourth-order valence-corrected chi connectivity index (χ4v) is 3.42. The Morgan fingerprint density at radius 2 is 1.96 bits per heavy atom. The van der Waals surface area contributed by atoms with Gasteiger partial charge in [0.25, 0.3) is 0 Å². The van der Waals surface area contributed by atoms with Crippen molar-refractivity contribution in [3.63, 3.8) is 0 Å². The predicted molar refractivity (Wildman–Crippen MR) is 90.9 cm³/mol. The lowest BCUT2D eigenvalue weighted by Crippen LogP contribution is -2.35. The molecule has 1 aliphatic heterocycles. The van der Waals surface area contributed by atoms with Crippen LogP contribution in [-0.2, 0) is 6.54 Å². The van der Waals surface area contributed by atoms with Gasteiger partial charge in [0.1, 0.15) is 0 Å². The van der Waals surface area contributed by atoms with Crippen LogP contribution in [0, 0.1) is 6.92 Å². The number of rotatable bonds is 4. The van der Waals surface area contributed by atoms with E-state index in [2.05, 4.69) is 49.4 Å². The van der Waals surface area contributed by atoms with Crippen molar-refractivity contribution in [3.8, 4) is 0 Å². The second-order valence-corrected chi connectivity index (χ2v) is 6.30. The van der Waals surface area contributed by atoms with Gasteiger partial charge in [-0.1, -0.05) is 35.4 Å². The van der Waals surface area contributed by atoms with Crippen molar-refractivity contribution in [3.05, 3.63) is 53.6 Å². The maximum Gasteiger partial charge on any atom is 0.245 e. The molecule has 0 saturated carbocycles. The van der Waals surface area contributed by atoms with Gasteiger partial charge < -0.3 is 9.88 Å². The molecule has 2 aromatic heterocycles. The van der Waals surface area contributed by atoms with Crippen molar-refractivity contribution in [2.75, 3.05) is 18.0 Å². The summed E-state index contributed by atoms with van der Waals surface area (Å²) in [5.41, 5.74) is 3.59. The van der Waals surface area contributed by atoms with Crippen LogP contribution in [0.5, 0.6) is 0 Å². The highest BCUT2D eigenvalue weighted by molar-refractivity contribution is 5.31. The Hall–Kier alpha value is -2.70. The molecule has 0 amide bonds. The Balaban J connectivity index is 1.45. The average Bonchev–Trinajstić information content (AvgIpc) is 3.25. The van der Waals surface area contributed by atoms with Crippen molar-refractivity contribution in [1.82, 2.24) is 30.2 Å². The quantitative estimate of drug-likeness (QED) is 0.796. The summed E-state index contributed by atoms with van der Waals surface area (Å²) in [5.74, 6) is 1.38. The smallest absolute Gasteiger partial charge is 0.245 e. The number of H-pyrrole nitrogens is 1. The molecule has 0 atom stereocenters. The first-order valence-electron chi connectivity index (χ1n) is 8.36. The summed E-state index contributed by atoms with van der Waals surface area (Å²) in [7, 11) is 0. The summed E-state index contributed by atoms with van der Waals surface area (Å²) in [5, 5.41) is 12.3. The third kappa shape index (κ3) is 2.89. The van der Waals surface area contributed by atoms with Crippen LogP contribution in [0.4, 0.5) is 5.95 Å². The van der Waals surface area contributed by atoms with Gasteiger partial charge in [0, 0.05) is 24.7 Å². The molecule has 7 nitrogen and oxygen atoms in total. The first-order valence-corrected chi connectivity index (χ1v) is 8.36. The van der Waals surface area contributed by atoms with E-state index in [0.717, 1.165) is 31.9 Å². The highest BCUT2D eigenvalue weighted by Gasteiger charge is 2.26. The van der Waals surface area contributed by atoms with Gasteiger partial charge in [0.15, 0.2) is 0 Å². The predicted octanol–water partition coefficient (Wildman–Crippen LogP) is 2.14. The SMILES string of the molecule is Cc1[nH]cnc1C1CCN(c2nnnn2Cc2ccccc2)CC1. The van der Waals surface area contributed by atoms with Crippen molar-refractivity contribution >= 4 is 5.95 Å². The second kappa shape index (κ2) is 6.43. The Morgan fingerprint density at radius 3 is 2.67 bits per heavy atom. The van der Waals surface area contributed by atoms with Gasteiger partial charge in [-0.2, -0.15) is 0 Å². The monoisotopic (exact) mass is 323 g/mol. The number of tetrazole rings is 1. The number of aryl methyl sites for hydroxylation is 1. The van der Waals surface area contributed by atoms with E-state index < -0.39 is 0 Å². The number of nitrogens with one attached hydrogen (secondary N) is 1. The first-order chi connectivity index (χ1) is 11.8. The van der Waals surface area contributed by atoms with Gasteiger partial charge >= 0.3 is 0 Å². The summed E-state index contributed by atoms with van der Waals surface area (Å²) >= 11 is 0. The first kappa shape index (κ1) is 14.9.